The topological polar surface area (TPSA) is 55.8 Å². The predicted molar refractivity (Wildman–Crippen MR) is 94.4 cm³/mol. The van der Waals surface area contributed by atoms with E-state index in [0.29, 0.717) is 31.1 Å². The predicted octanol–water partition coefficient (Wildman–Crippen LogP) is 3.11. The van der Waals surface area contributed by atoms with Crippen LogP contribution in [-0.4, -0.2) is 41.1 Å². The number of benzene rings is 1. The van der Waals surface area contributed by atoms with Gasteiger partial charge in [-0.15, -0.1) is 6.42 Å². The molecule has 1 fully saturated rings. The van der Waals surface area contributed by atoms with Crippen molar-refractivity contribution in [2.24, 2.45) is 0 Å². The molecule has 128 valence electrons. The van der Waals surface area contributed by atoms with Crippen LogP contribution in [0.25, 0.3) is 0 Å². The molecule has 24 heavy (non-hydrogen) atoms. The van der Waals surface area contributed by atoms with Gasteiger partial charge in [0.1, 0.15) is 6.61 Å². The minimum Gasteiger partial charge on any atom is -0.490 e. The van der Waals surface area contributed by atoms with E-state index in [4.69, 9.17) is 15.9 Å². The number of hydrogen-bond acceptors (Lipinski definition) is 5. The Labute approximate surface area is 146 Å². The number of thioether (sulfide) groups is 1. The van der Waals surface area contributed by atoms with Crippen molar-refractivity contribution in [3.05, 3.63) is 23.8 Å². The normalized spacial score (nSPS) is 17.0. The zero-order chi connectivity index (χ0) is 17.5. The largest absolute Gasteiger partial charge is 0.490 e. The maximum atomic E-state index is 12.3. The van der Waals surface area contributed by atoms with Gasteiger partial charge in [0.25, 0.3) is 5.24 Å². The number of nitrogens with zero attached hydrogens (tertiary/aromatic N) is 1. The lowest BCUT2D eigenvalue weighted by molar-refractivity contribution is -0.126. The number of imide groups is 1. The van der Waals surface area contributed by atoms with Crippen molar-refractivity contribution in [1.82, 2.24) is 4.90 Å². The van der Waals surface area contributed by atoms with Gasteiger partial charge in [-0.3, -0.25) is 14.5 Å². The molecular formula is C18H21NO4S. The molecule has 6 heteroatoms. The summed E-state index contributed by atoms with van der Waals surface area (Å²) in [5.74, 6) is 3.48. The molecule has 1 heterocycles. The van der Waals surface area contributed by atoms with Gasteiger partial charge in [0.15, 0.2) is 11.5 Å². The van der Waals surface area contributed by atoms with Crippen LogP contribution in [0.5, 0.6) is 11.5 Å². The SMILES string of the molecule is C#CCOc1ccc(C[C@H]2SC(=O)N(CCC)C2=O)cc1OCC. The van der Waals surface area contributed by atoms with Crippen molar-refractivity contribution in [1.29, 1.82) is 0 Å². The van der Waals surface area contributed by atoms with Crippen molar-refractivity contribution in [2.75, 3.05) is 19.8 Å². The maximum absolute atomic E-state index is 12.3. The second-order valence-electron chi connectivity index (χ2n) is 5.27. The molecular weight excluding hydrogens is 326 g/mol. The van der Waals surface area contributed by atoms with Crippen molar-refractivity contribution in [3.8, 4) is 23.8 Å². The fraction of sp³-hybridized carbons (Fsp3) is 0.444. The quantitative estimate of drug-likeness (QED) is 0.676. The zero-order valence-corrected chi connectivity index (χ0v) is 14.7. The average molecular weight is 347 g/mol. The second kappa shape index (κ2) is 8.65. The first-order valence-electron chi connectivity index (χ1n) is 7.94. The van der Waals surface area contributed by atoms with Crippen LogP contribution in [-0.2, 0) is 11.2 Å². The molecule has 1 aromatic rings. The highest BCUT2D eigenvalue weighted by molar-refractivity contribution is 8.15. The Balaban J connectivity index is 2.12. The van der Waals surface area contributed by atoms with E-state index in [1.165, 1.54) is 4.90 Å². The van der Waals surface area contributed by atoms with E-state index in [-0.39, 0.29) is 23.0 Å². The lowest BCUT2D eigenvalue weighted by atomic mass is 10.1. The molecule has 1 aliphatic rings. The molecule has 1 aliphatic heterocycles. The van der Waals surface area contributed by atoms with Crippen LogP contribution in [0.1, 0.15) is 25.8 Å². The third kappa shape index (κ3) is 4.24. The van der Waals surface area contributed by atoms with E-state index in [2.05, 4.69) is 5.92 Å². The number of carbonyl (C=O) groups excluding carboxylic acids is 2. The van der Waals surface area contributed by atoms with Gasteiger partial charge in [0.05, 0.1) is 11.9 Å². The number of amides is 2. The Morgan fingerprint density at radius 1 is 1.25 bits per heavy atom. The molecule has 0 aromatic heterocycles. The summed E-state index contributed by atoms with van der Waals surface area (Å²) in [5, 5.41) is -0.540. The van der Waals surface area contributed by atoms with E-state index in [1.807, 2.05) is 26.0 Å². The second-order valence-corrected chi connectivity index (χ2v) is 6.43. The van der Waals surface area contributed by atoms with Gasteiger partial charge >= 0.3 is 0 Å². The van der Waals surface area contributed by atoms with Gasteiger partial charge in [-0.1, -0.05) is 30.7 Å². The first-order chi connectivity index (χ1) is 11.6. The molecule has 1 atom stereocenters. The van der Waals surface area contributed by atoms with Crippen LogP contribution in [0.3, 0.4) is 0 Å². The lowest BCUT2D eigenvalue weighted by Crippen LogP contribution is -2.32. The Kier molecular flexibility index (Phi) is 6.56. The summed E-state index contributed by atoms with van der Waals surface area (Å²) in [7, 11) is 0. The van der Waals surface area contributed by atoms with E-state index in [1.54, 1.807) is 6.07 Å². The molecule has 5 nitrogen and oxygen atoms in total. The Hall–Kier alpha value is -2.13. The van der Waals surface area contributed by atoms with Crippen LogP contribution < -0.4 is 9.47 Å². The summed E-state index contributed by atoms with van der Waals surface area (Å²) in [6.45, 7) is 4.97. The summed E-state index contributed by atoms with van der Waals surface area (Å²) in [6, 6.07) is 5.50. The summed E-state index contributed by atoms with van der Waals surface area (Å²) in [5.41, 5.74) is 0.920. The maximum Gasteiger partial charge on any atom is 0.289 e. The highest BCUT2D eigenvalue weighted by Gasteiger charge is 2.38. The third-order valence-corrected chi connectivity index (χ3v) is 4.57. The van der Waals surface area contributed by atoms with Gasteiger partial charge in [-0.25, -0.2) is 0 Å². The van der Waals surface area contributed by atoms with Crippen LogP contribution in [0, 0.1) is 12.3 Å². The highest BCUT2D eigenvalue weighted by atomic mass is 32.2. The Bertz CT molecular complexity index is 653. The van der Waals surface area contributed by atoms with Crippen LogP contribution in [0.2, 0.25) is 0 Å². The van der Waals surface area contributed by atoms with E-state index >= 15 is 0 Å². The van der Waals surface area contributed by atoms with Crippen molar-refractivity contribution < 1.29 is 19.1 Å². The van der Waals surface area contributed by atoms with Crippen molar-refractivity contribution in [3.63, 3.8) is 0 Å². The summed E-state index contributed by atoms with van der Waals surface area (Å²) in [6.07, 6.45) is 6.45. The fourth-order valence-electron chi connectivity index (χ4n) is 2.45. The van der Waals surface area contributed by atoms with Gasteiger partial charge in [-0.2, -0.15) is 0 Å². The molecule has 2 amide bonds. The summed E-state index contributed by atoms with van der Waals surface area (Å²) < 4.78 is 11.0. The molecule has 0 spiro atoms. The van der Waals surface area contributed by atoms with E-state index in [9.17, 15) is 9.59 Å². The zero-order valence-electron chi connectivity index (χ0n) is 13.9. The van der Waals surface area contributed by atoms with Crippen LogP contribution in [0.15, 0.2) is 18.2 Å². The smallest absolute Gasteiger partial charge is 0.289 e. The molecule has 0 bridgehead atoms. The molecule has 0 N–H and O–H groups in total. The van der Waals surface area contributed by atoms with Gasteiger partial charge < -0.3 is 9.47 Å². The van der Waals surface area contributed by atoms with Crippen molar-refractivity contribution in [2.45, 2.75) is 31.9 Å². The minimum atomic E-state index is -0.379. The summed E-state index contributed by atoms with van der Waals surface area (Å²) >= 11 is 1.09. The van der Waals surface area contributed by atoms with Gasteiger partial charge in [-0.05, 0) is 37.5 Å². The molecule has 1 saturated heterocycles. The highest BCUT2D eigenvalue weighted by Crippen LogP contribution is 2.33. The Morgan fingerprint density at radius 2 is 2.04 bits per heavy atom. The van der Waals surface area contributed by atoms with Crippen LogP contribution in [0.4, 0.5) is 4.79 Å². The van der Waals surface area contributed by atoms with Gasteiger partial charge in [0, 0.05) is 6.54 Å². The van der Waals surface area contributed by atoms with E-state index < -0.39 is 0 Å². The molecule has 0 unspecified atom stereocenters. The van der Waals surface area contributed by atoms with Crippen molar-refractivity contribution >= 4 is 22.9 Å². The average Bonchev–Trinajstić information content (AvgIpc) is 2.82. The fourth-order valence-corrected chi connectivity index (χ4v) is 3.51. The number of hydrogen-bond donors (Lipinski definition) is 0. The van der Waals surface area contributed by atoms with Gasteiger partial charge in [0.2, 0.25) is 5.91 Å². The first-order valence-corrected chi connectivity index (χ1v) is 8.82. The Morgan fingerprint density at radius 3 is 2.71 bits per heavy atom. The first kappa shape index (κ1) is 18.2. The number of rotatable bonds is 8. The standard InChI is InChI=1S/C18H21NO4S/c1-4-9-19-17(20)16(24-18(19)21)12-13-7-8-14(23-10-5-2)15(11-13)22-6-3/h2,7-8,11,16H,4,6,9-10,12H2,1,3H3/t16-/m1/s1. The number of ether oxygens (including phenoxy) is 2. The molecule has 1 aromatic carbocycles. The molecule has 0 radical (unpaired) electrons. The molecule has 2 rings (SSSR count). The molecule has 0 saturated carbocycles. The minimum absolute atomic E-state index is 0.113. The molecule has 0 aliphatic carbocycles. The summed E-state index contributed by atoms with van der Waals surface area (Å²) in [4.78, 5) is 25.6. The number of carbonyl (C=O) groups is 2. The van der Waals surface area contributed by atoms with Crippen LogP contribution >= 0.6 is 11.8 Å². The third-order valence-electron chi connectivity index (χ3n) is 3.49. The monoisotopic (exact) mass is 347 g/mol. The number of terminal acetylenes is 1. The van der Waals surface area contributed by atoms with E-state index in [0.717, 1.165) is 23.7 Å². The lowest BCUT2D eigenvalue weighted by Gasteiger charge is -2.14.